The Balaban J connectivity index is 1.69. The predicted molar refractivity (Wildman–Crippen MR) is 98.4 cm³/mol. The van der Waals surface area contributed by atoms with E-state index in [1.165, 1.54) is 0 Å². The minimum Gasteiger partial charge on any atom is -0.494 e. The van der Waals surface area contributed by atoms with Gasteiger partial charge in [0.15, 0.2) is 5.82 Å². The van der Waals surface area contributed by atoms with Crippen LogP contribution >= 0.6 is 0 Å². The van der Waals surface area contributed by atoms with E-state index in [-0.39, 0.29) is 5.91 Å². The van der Waals surface area contributed by atoms with E-state index in [9.17, 15) is 4.79 Å². The summed E-state index contributed by atoms with van der Waals surface area (Å²) in [5.41, 5.74) is 1.40. The summed E-state index contributed by atoms with van der Waals surface area (Å²) >= 11 is 0. The number of amides is 1. The average Bonchev–Trinajstić information content (AvgIpc) is 3.08. The number of nitrogens with zero attached hydrogens (tertiary/aromatic N) is 4. The van der Waals surface area contributed by atoms with Crippen LogP contribution in [0.4, 0.5) is 5.69 Å². The molecule has 1 unspecified atom stereocenters. The molecule has 2 N–H and O–H groups in total. The van der Waals surface area contributed by atoms with Crippen molar-refractivity contribution in [3.05, 3.63) is 24.0 Å². The van der Waals surface area contributed by atoms with Gasteiger partial charge in [-0.25, -0.2) is 0 Å². The predicted octanol–water partition coefficient (Wildman–Crippen LogP) is 1.94. The van der Waals surface area contributed by atoms with Crippen LogP contribution in [0.3, 0.4) is 0 Å². The summed E-state index contributed by atoms with van der Waals surface area (Å²) in [6, 6.07) is 5.46. The fraction of sp³-hybridized carbons (Fsp3) is 0.556. The molecule has 140 valence electrons. The van der Waals surface area contributed by atoms with Crippen molar-refractivity contribution in [3.63, 3.8) is 0 Å². The van der Waals surface area contributed by atoms with Crippen molar-refractivity contribution in [2.45, 2.75) is 33.1 Å². The topological polar surface area (TPSA) is 94.0 Å². The van der Waals surface area contributed by atoms with Crippen LogP contribution < -0.4 is 15.4 Å². The van der Waals surface area contributed by atoms with Crippen molar-refractivity contribution in [1.82, 2.24) is 25.5 Å². The molecular formula is C18H26N6O2. The van der Waals surface area contributed by atoms with Gasteiger partial charge in [0.2, 0.25) is 5.91 Å². The van der Waals surface area contributed by atoms with Gasteiger partial charge in [-0.3, -0.25) is 4.79 Å². The quantitative estimate of drug-likeness (QED) is 0.820. The number of carbonyl (C=O) groups excluding carboxylic acids is 1. The molecule has 2 heterocycles. The Labute approximate surface area is 153 Å². The summed E-state index contributed by atoms with van der Waals surface area (Å²) < 4.78 is 6.98. The second-order valence-electron chi connectivity index (χ2n) is 6.84. The summed E-state index contributed by atoms with van der Waals surface area (Å²) in [6.45, 7) is 6.07. The van der Waals surface area contributed by atoms with Gasteiger partial charge in [0.25, 0.3) is 0 Å². The smallest absolute Gasteiger partial charge is 0.224 e. The van der Waals surface area contributed by atoms with Crippen molar-refractivity contribution in [2.75, 3.05) is 25.5 Å². The fourth-order valence-electron chi connectivity index (χ4n) is 3.47. The number of piperidine rings is 1. The second kappa shape index (κ2) is 8.27. The fourth-order valence-corrected chi connectivity index (χ4v) is 3.47. The first-order valence-electron chi connectivity index (χ1n) is 9.02. The number of aromatic nitrogens is 4. The van der Waals surface area contributed by atoms with Gasteiger partial charge in [-0.15, -0.1) is 5.10 Å². The third kappa shape index (κ3) is 4.19. The third-order valence-electron chi connectivity index (χ3n) is 5.01. The highest BCUT2D eigenvalue weighted by molar-refractivity contribution is 5.91. The van der Waals surface area contributed by atoms with Gasteiger partial charge in [0.1, 0.15) is 11.4 Å². The molecule has 0 radical (unpaired) electrons. The summed E-state index contributed by atoms with van der Waals surface area (Å²) in [4.78, 5) is 12.5. The maximum absolute atomic E-state index is 12.5. The molecule has 0 saturated carbocycles. The van der Waals surface area contributed by atoms with Gasteiger partial charge >= 0.3 is 0 Å². The molecule has 1 atom stereocenters. The Morgan fingerprint density at radius 1 is 1.42 bits per heavy atom. The molecule has 1 saturated heterocycles. The number of tetrazole rings is 1. The molecule has 3 rings (SSSR count). The zero-order valence-electron chi connectivity index (χ0n) is 15.5. The molecule has 8 nitrogen and oxygen atoms in total. The molecule has 1 aromatic carbocycles. The summed E-state index contributed by atoms with van der Waals surface area (Å²) in [6.07, 6.45) is 2.80. The third-order valence-corrected chi connectivity index (χ3v) is 5.01. The Hall–Kier alpha value is -2.48. The van der Waals surface area contributed by atoms with Gasteiger partial charge in [-0.05, 0) is 73.3 Å². The first-order chi connectivity index (χ1) is 12.6. The van der Waals surface area contributed by atoms with Crippen molar-refractivity contribution < 1.29 is 9.53 Å². The Morgan fingerprint density at radius 3 is 2.85 bits per heavy atom. The summed E-state index contributed by atoms with van der Waals surface area (Å²) in [5, 5.41) is 17.9. The van der Waals surface area contributed by atoms with Crippen LogP contribution in [0.2, 0.25) is 0 Å². The van der Waals surface area contributed by atoms with Crippen LogP contribution in [0, 0.1) is 18.8 Å². The number of ether oxygens (including phenoxy) is 1. The highest BCUT2D eigenvalue weighted by Crippen LogP contribution is 2.28. The van der Waals surface area contributed by atoms with E-state index in [1.807, 2.05) is 25.1 Å². The molecule has 0 aliphatic carbocycles. The average molecular weight is 358 g/mol. The number of hydrogen-bond acceptors (Lipinski definition) is 6. The number of nitrogens with one attached hydrogen (secondary N) is 2. The molecule has 8 heteroatoms. The van der Waals surface area contributed by atoms with Crippen molar-refractivity contribution in [3.8, 4) is 11.4 Å². The van der Waals surface area contributed by atoms with E-state index < -0.39 is 0 Å². The highest BCUT2D eigenvalue weighted by Gasteiger charge is 2.22. The lowest BCUT2D eigenvalue weighted by Gasteiger charge is -2.27. The first-order valence-corrected chi connectivity index (χ1v) is 9.02. The largest absolute Gasteiger partial charge is 0.494 e. The van der Waals surface area contributed by atoms with E-state index in [2.05, 4.69) is 33.1 Å². The Bertz CT molecular complexity index is 754. The second-order valence-corrected chi connectivity index (χ2v) is 6.84. The lowest BCUT2D eigenvalue weighted by Crippen LogP contribution is -2.32. The molecular weight excluding hydrogens is 332 g/mol. The zero-order valence-corrected chi connectivity index (χ0v) is 15.5. The van der Waals surface area contributed by atoms with Crippen molar-refractivity contribution in [1.29, 1.82) is 0 Å². The maximum Gasteiger partial charge on any atom is 0.224 e. The van der Waals surface area contributed by atoms with E-state index in [0.717, 1.165) is 25.9 Å². The standard InChI is InChI=1S/C18H26N6O2/c1-12(14-6-8-19-9-7-14)10-18(25)20-15-4-5-17(26-3)16(11-15)24-13(2)21-22-23-24/h4-5,11-12,14,19H,6-10H2,1-3H3,(H,20,25). The van der Waals surface area contributed by atoms with Crippen LogP contribution in [0.5, 0.6) is 5.75 Å². The SMILES string of the molecule is COc1ccc(NC(=O)CC(C)C2CCNCC2)cc1-n1nnnc1C. The van der Waals surface area contributed by atoms with Crippen LogP contribution in [0.1, 0.15) is 32.0 Å². The van der Waals surface area contributed by atoms with Gasteiger partial charge < -0.3 is 15.4 Å². The molecule has 1 amide bonds. The minimum absolute atomic E-state index is 0.0283. The normalized spacial score (nSPS) is 16.3. The molecule has 0 spiro atoms. The van der Waals surface area contributed by atoms with E-state index in [0.29, 0.717) is 41.2 Å². The van der Waals surface area contributed by atoms with Gasteiger partial charge in [0, 0.05) is 12.1 Å². The molecule has 26 heavy (non-hydrogen) atoms. The molecule has 1 aliphatic heterocycles. The molecule has 1 aliphatic rings. The van der Waals surface area contributed by atoms with Gasteiger partial charge in [-0.2, -0.15) is 4.68 Å². The van der Waals surface area contributed by atoms with Crippen LogP contribution in [-0.4, -0.2) is 46.3 Å². The lowest BCUT2D eigenvalue weighted by molar-refractivity contribution is -0.117. The van der Waals surface area contributed by atoms with E-state index >= 15 is 0 Å². The summed E-state index contributed by atoms with van der Waals surface area (Å²) in [5.74, 6) is 2.29. The molecule has 1 fully saturated rings. The maximum atomic E-state index is 12.5. The lowest BCUT2D eigenvalue weighted by atomic mass is 9.84. The highest BCUT2D eigenvalue weighted by atomic mass is 16.5. The van der Waals surface area contributed by atoms with E-state index in [1.54, 1.807) is 11.8 Å². The number of benzene rings is 1. The van der Waals surface area contributed by atoms with Crippen LogP contribution in [0.25, 0.3) is 5.69 Å². The first kappa shape index (κ1) is 18.3. The molecule has 2 aromatic rings. The zero-order chi connectivity index (χ0) is 18.5. The number of methoxy groups -OCH3 is 1. The molecule has 1 aromatic heterocycles. The number of anilines is 1. The van der Waals surface area contributed by atoms with Gasteiger partial charge in [0.05, 0.1) is 7.11 Å². The summed E-state index contributed by atoms with van der Waals surface area (Å²) in [7, 11) is 1.59. The minimum atomic E-state index is 0.0283. The van der Waals surface area contributed by atoms with Gasteiger partial charge in [-0.1, -0.05) is 6.92 Å². The Kier molecular flexibility index (Phi) is 5.82. The monoisotopic (exact) mass is 358 g/mol. The number of aryl methyl sites for hydroxylation is 1. The van der Waals surface area contributed by atoms with Crippen LogP contribution in [0.15, 0.2) is 18.2 Å². The molecule has 0 bridgehead atoms. The Morgan fingerprint density at radius 2 is 2.19 bits per heavy atom. The number of carbonyl (C=O) groups is 1. The van der Waals surface area contributed by atoms with Crippen molar-refractivity contribution >= 4 is 11.6 Å². The number of hydrogen-bond donors (Lipinski definition) is 2. The van der Waals surface area contributed by atoms with Crippen molar-refractivity contribution in [2.24, 2.45) is 11.8 Å². The van der Waals surface area contributed by atoms with Crippen LogP contribution in [-0.2, 0) is 4.79 Å². The number of rotatable bonds is 6. The van der Waals surface area contributed by atoms with E-state index in [4.69, 9.17) is 4.74 Å².